The van der Waals surface area contributed by atoms with Gasteiger partial charge >= 0.3 is 0 Å². The molecule has 1 fully saturated rings. The first-order chi connectivity index (χ1) is 9.54. The van der Waals surface area contributed by atoms with E-state index in [2.05, 4.69) is 27.8 Å². The number of hydrogen-bond acceptors (Lipinski definition) is 2. The van der Waals surface area contributed by atoms with E-state index in [4.69, 9.17) is 5.73 Å². The van der Waals surface area contributed by atoms with Crippen LogP contribution in [-0.2, 0) is 0 Å². The minimum Gasteiger partial charge on any atom is -0.398 e. The quantitative estimate of drug-likeness (QED) is 0.824. The highest BCUT2D eigenvalue weighted by Crippen LogP contribution is 2.27. The van der Waals surface area contributed by atoms with Crippen molar-refractivity contribution in [2.75, 3.05) is 12.3 Å². The molecule has 0 spiro atoms. The highest BCUT2D eigenvalue weighted by atomic mass is 79.9. The molecule has 2 N–H and O–H groups in total. The second-order valence-corrected chi connectivity index (χ2v) is 6.49. The van der Waals surface area contributed by atoms with E-state index in [-0.39, 0.29) is 5.91 Å². The second kappa shape index (κ2) is 6.61. The van der Waals surface area contributed by atoms with E-state index in [1.165, 1.54) is 12.8 Å². The van der Waals surface area contributed by atoms with Gasteiger partial charge in [-0.3, -0.25) is 4.79 Å². The van der Waals surface area contributed by atoms with E-state index in [9.17, 15) is 4.79 Å². The molecule has 110 valence electrons. The average molecular weight is 339 g/mol. The number of nitrogens with two attached hydrogens (primary N) is 1. The van der Waals surface area contributed by atoms with Crippen LogP contribution >= 0.6 is 15.9 Å². The molecule has 0 aliphatic carbocycles. The number of nitrogen functional groups attached to an aromatic ring is 1. The summed E-state index contributed by atoms with van der Waals surface area (Å²) in [6, 6.07) is 4.11. The molecule has 1 aromatic carbocycles. The molecule has 0 radical (unpaired) electrons. The largest absolute Gasteiger partial charge is 0.398 e. The zero-order valence-electron chi connectivity index (χ0n) is 12.3. The Labute approximate surface area is 129 Å². The van der Waals surface area contributed by atoms with Crippen LogP contribution in [0.4, 0.5) is 5.69 Å². The summed E-state index contributed by atoms with van der Waals surface area (Å²) in [7, 11) is 0. The van der Waals surface area contributed by atoms with Gasteiger partial charge in [-0.05, 0) is 43.9 Å². The van der Waals surface area contributed by atoms with Gasteiger partial charge in [-0.15, -0.1) is 0 Å². The van der Waals surface area contributed by atoms with Gasteiger partial charge in [0.1, 0.15) is 0 Å². The highest BCUT2D eigenvalue weighted by Gasteiger charge is 2.26. The maximum atomic E-state index is 12.9. The Morgan fingerprint density at radius 1 is 1.40 bits per heavy atom. The van der Waals surface area contributed by atoms with Gasteiger partial charge in [-0.25, -0.2) is 0 Å². The van der Waals surface area contributed by atoms with Crippen LogP contribution < -0.4 is 5.73 Å². The molecule has 0 bridgehead atoms. The van der Waals surface area contributed by atoms with Crippen LogP contribution in [0.5, 0.6) is 0 Å². The van der Waals surface area contributed by atoms with E-state index in [1.807, 2.05) is 19.1 Å². The smallest absolute Gasteiger partial charge is 0.254 e. The Balaban J connectivity index is 2.33. The third kappa shape index (κ3) is 3.17. The third-order valence-electron chi connectivity index (χ3n) is 4.25. The maximum absolute atomic E-state index is 12.9. The monoisotopic (exact) mass is 338 g/mol. The molecule has 0 saturated carbocycles. The summed E-state index contributed by atoms with van der Waals surface area (Å²) in [6.07, 6.45) is 5.69. The van der Waals surface area contributed by atoms with E-state index < -0.39 is 0 Å². The lowest BCUT2D eigenvalue weighted by atomic mass is 10.0. The lowest BCUT2D eigenvalue weighted by Crippen LogP contribution is -2.40. The fourth-order valence-electron chi connectivity index (χ4n) is 2.95. The predicted octanol–water partition coefficient (Wildman–Crippen LogP) is 4.13. The topological polar surface area (TPSA) is 46.3 Å². The third-order valence-corrected chi connectivity index (χ3v) is 4.71. The van der Waals surface area contributed by atoms with Crippen LogP contribution in [0.15, 0.2) is 16.6 Å². The van der Waals surface area contributed by atoms with Crippen LogP contribution in [0.2, 0.25) is 0 Å². The summed E-state index contributed by atoms with van der Waals surface area (Å²) in [5, 5.41) is 0. The Hall–Kier alpha value is -1.03. The molecule has 20 heavy (non-hydrogen) atoms. The SMILES string of the molecule is CCC1CCCCCN1C(=O)c1cc(Br)cc(N)c1C. The van der Waals surface area contributed by atoms with Gasteiger partial charge in [-0.1, -0.05) is 35.7 Å². The van der Waals surface area contributed by atoms with Gasteiger partial charge in [-0.2, -0.15) is 0 Å². The summed E-state index contributed by atoms with van der Waals surface area (Å²) in [6.45, 7) is 4.95. The van der Waals surface area contributed by atoms with E-state index in [0.717, 1.165) is 41.4 Å². The van der Waals surface area contributed by atoms with Gasteiger partial charge < -0.3 is 10.6 Å². The zero-order valence-corrected chi connectivity index (χ0v) is 13.9. The molecule has 0 aromatic heterocycles. The van der Waals surface area contributed by atoms with Gasteiger partial charge in [0.25, 0.3) is 5.91 Å². The number of anilines is 1. The number of benzene rings is 1. The Morgan fingerprint density at radius 3 is 2.85 bits per heavy atom. The molecule has 1 unspecified atom stereocenters. The number of carbonyl (C=O) groups excluding carboxylic acids is 1. The molecule has 1 aromatic rings. The Kier molecular flexibility index (Phi) is 5.08. The van der Waals surface area contributed by atoms with E-state index >= 15 is 0 Å². The normalized spacial score (nSPS) is 19.8. The van der Waals surface area contributed by atoms with Crippen LogP contribution in [0, 0.1) is 6.92 Å². The van der Waals surface area contributed by atoms with Crippen molar-refractivity contribution in [2.45, 2.75) is 52.0 Å². The molecule has 1 heterocycles. The first kappa shape index (κ1) is 15.4. The minimum atomic E-state index is 0.129. The number of carbonyl (C=O) groups is 1. The standard InChI is InChI=1S/C16H23BrN2O/c1-3-13-7-5-4-6-8-19(13)16(20)14-9-12(17)10-15(18)11(14)2/h9-10,13H,3-8,18H2,1-2H3. The maximum Gasteiger partial charge on any atom is 0.254 e. The van der Waals surface area contributed by atoms with Crippen LogP contribution in [0.3, 0.4) is 0 Å². The molecule has 1 aliphatic rings. The second-order valence-electron chi connectivity index (χ2n) is 5.58. The van der Waals surface area contributed by atoms with Crippen LogP contribution in [-0.4, -0.2) is 23.4 Å². The molecule has 1 amide bonds. The van der Waals surface area contributed by atoms with Gasteiger partial charge in [0.2, 0.25) is 0 Å². The van der Waals surface area contributed by atoms with Gasteiger partial charge in [0.05, 0.1) is 0 Å². The molecule has 1 atom stereocenters. The molecule has 2 rings (SSSR count). The van der Waals surface area contributed by atoms with Gasteiger partial charge in [0, 0.05) is 28.3 Å². The number of halogens is 1. The number of rotatable bonds is 2. The van der Waals surface area contributed by atoms with Crippen molar-refractivity contribution in [3.05, 3.63) is 27.7 Å². The highest BCUT2D eigenvalue weighted by molar-refractivity contribution is 9.10. The minimum absolute atomic E-state index is 0.129. The number of nitrogens with zero attached hydrogens (tertiary/aromatic N) is 1. The van der Waals surface area contributed by atoms with E-state index in [1.54, 1.807) is 0 Å². The van der Waals surface area contributed by atoms with Gasteiger partial charge in [0.15, 0.2) is 0 Å². The zero-order chi connectivity index (χ0) is 14.7. The van der Waals surface area contributed by atoms with Crippen molar-refractivity contribution >= 4 is 27.5 Å². The summed E-state index contributed by atoms with van der Waals surface area (Å²) < 4.78 is 0.867. The van der Waals surface area contributed by atoms with Crippen molar-refractivity contribution in [1.29, 1.82) is 0 Å². The number of likely N-dealkylation sites (tertiary alicyclic amines) is 1. The number of amides is 1. The fourth-order valence-corrected chi connectivity index (χ4v) is 3.42. The molecule has 4 heteroatoms. The van der Waals surface area contributed by atoms with Crippen LogP contribution in [0.1, 0.15) is 54.9 Å². The van der Waals surface area contributed by atoms with Crippen molar-refractivity contribution < 1.29 is 4.79 Å². The lowest BCUT2D eigenvalue weighted by molar-refractivity contribution is 0.0677. The van der Waals surface area contributed by atoms with Crippen molar-refractivity contribution in [3.63, 3.8) is 0 Å². The summed E-state index contributed by atoms with van der Waals surface area (Å²) in [4.78, 5) is 15.0. The summed E-state index contributed by atoms with van der Waals surface area (Å²) in [5.74, 6) is 0.129. The summed E-state index contributed by atoms with van der Waals surface area (Å²) >= 11 is 3.44. The summed E-state index contributed by atoms with van der Waals surface area (Å²) in [5.41, 5.74) is 8.28. The molecular weight excluding hydrogens is 316 g/mol. The van der Waals surface area contributed by atoms with Crippen LogP contribution in [0.25, 0.3) is 0 Å². The first-order valence-electron chi connectivity index (χ1n) is 7.41. The molecule has 1 aliphatic heterocycles. The predicted molar refractivity (Wildman–Crippen MR) is 86.9 cm³/mol. The lowest BCUT2D eigenvalue weighted by Gasteiger charge is -2.30. The first-order valence-corrected chi connectivity index (χ1v) is 8.20. The Bertz CT molecular complexity index is 501. The van der Waals surface area contributed by atoms with Crippen molar-refractivity contribution in [2.24, 2.45) is 0 Å². The molecular formula is C16H23BrN2O. The molecule has 1 saturated heterocycles. The van der Waals surface area contributed by atoms with Crippen molar-refractivity contribution in [3.8, 4) is 0 Å². The fraction of sp³-hybridized carbons (Fsp3) is 0.562. The molecule has 3 nitrogen and oxygen atoms in total. The van der Waals surface area contributed by atoms with E-state index in [0.29, 0.717) is 11.7 Å². The Morgan fingerprint density at radius 2 is 2.15 bits per heavy atom. The average Bonchev–Trinajstić information content (AvgIpc) is 2.67. The van der Waals surface area contributed by atoms with Crippen molar-refractivity contribution in [1.82, 2.24) is 4.90 Å². The number of hydrogen-bond donors (Lipinski definition) is 1.